The maximum atomic E-state index is 12.7. The van der Waals surface area contributed by atoms with Gasteiger partial charge in [-0.2, -0.15) is 4.31 Å². The van der Waals surface area contributed by atoms with E-state index in [1.54, 1.807) is 12.1 Å². The molecule has 0 saturated carbocycles. The predicted octanol–water partition coefficient (Wildman–Crippen LogP) is 2.58. The van der Waals surface area contributed by atoms with E-state index in [4.69, 9.17) is 17.3 Å². The summed E-state index contributed by atoms with van der Waals surface area (Å²) < 4.78 is 26.9. The zero-order valence-corrected chi connectivity index (χ0v) is 13.4. The van der Waals surface area contributed by atoms with Gasteiger partial charge in [0.2, 0.25) is 10.0 Å². The van der Waals surface area contributed by atoms with Gasteiger partial charge in [0.1, 0.15) is 4.90 Å². The molecule has 1 saturated heterocycles. The van der Waals surface area contributed by atoms with E-state index in [9.17, 15) is 8.42 Å². The Balaban J connectivity index is 2.36. The molecular weight excluding hydrogens is 296 g/mol. The number of rotatable bonds is 3. The summed E-state index contributed by atoms with van der Waals surface area (Å²) in [6.45, 7) is 4.98. The fourth-order valence-electron chi connectivity index (χ4n) is 2.33. The second-order valence-corrected chi connectivity index (χ2v) is 7.90. The summed E-state index contributed by atoms with van der Waals surface area (Å²) in [6, 6.07) is 5.33. The van der Waals surface area contributed by atoms with Crippen molar-refractivity contribution in [3.05, 3.63) is 28.8 Å². The molecule has 1 aliphatic heterocycles. The maximum Gasteiger partial charge on any atom is 0.244 e. The van der Waals surface area contributed by atoms with Gasteiger partial charge in [0, 0.05) is 19.1 Å². The van der Waals surface area contributed by atoms with Gasteiger partial charge in [0.25, 0.3) is 0 Å². The molecule has 0 aliphatic carbocycles. The number of hydrogen-bond donors (Lipinski definition) is 1. The molecule has 0 spiro atoms. The van der Waals surface area contributed by atoms with E-state index in [1.807, 2.05) is 19.9 Å². The lowest BCUT2D eigenvalue weighted by Crippen LogP contribution is -2.42. The Bertz CT molecular complexity index is 579. The molecule has 1 fully saturated rings. The maximum absolute atomic E-state index is 12.7. The van der Waals surface area contributed by atoms with Crippen LogP contribution in [0.1, 0.15) is 38.2 Å². The average Bonchev–Trinajstić information content (AvgIpc) is 2.39. The molecule has 0 amide bonds. The van der Waals surface area contributed by atoms with Crippen LogP contribution in [0, 0.1) is 0 Å². The Morgan fingerprint density at radius 2 is 1.90 bits per heavy atom. The first kappa shape index (κ1) is 15.8. The fraction of sp³-hybridized carbons (Fsp3) is 0.571. The van der Waals surface area contributed by atoms with E-state index in [2.05, 4.69) is 0 Å². The third-order valence-corrected chi connectivity index (χ3v) is 6.12. The SMILES string of the molecule is CC(C)c1ccc(Cl)c(S(=O)(=O)N2CCC(N)CC2)c1. The van der Waals surface area contributed by atoms with Gasteiger partial charge in [-0.3, -0.25) is 0 Å². The van der Waals surface area contributed by atoms with Crippen molar-refractivity contribution in [3.63, 3.8) is 0 Å². The molecule has 0 atom stereocenters. The van der Waals surface area contributed by atoms with Crippen molar-refractivity contribution < 1.29 is 8.42 Å². The summed E-state index contributed by atoms with van der Waals surface area (Å²) >= 11 is 6.10. The predicted molar refractivity (Wildman–Crippen MR) is 81.5 cm³/mol. The van der Waals surface area contributed by atoms with Crippen molar-refractivity contribution in [2.24, 2.45) is 5.73 Å². The smallest absolute Gasteiger partial charge is 0.244 e. The van der Waals surface area contributed by atoms with Crippen molar-refractivity contribution in [3.8, 4) is 0 Å². The molecule has 6 heteroatoms. The third kappa shape index (κ3) is 3.17. The Labute approximate surface area is 126 Å². The zero-order valence-electron chi connectivity index (χ0n) is 11.8. The highest BCUT2D eigenvalue weighted by atomic mass is 35.5. The lowest BCUT2D eigenvalue weighted by molar-refractivity contribution is 0.320. The van der Waals surface area contributed by atoms with Crippen molar-refractivity contribution in [2.45, 2.75) is 43.5 Å². The summed E-state index contributed by atoms with van der Waals surface area (Å²) in [7, 11) is -3.53. The molecule has 1 aromatic rings. The average molecular weight is 317 g/mol. The number of sulfonamides is 1. The molecule has 1 aromatic carbocycles. The molecule has 1 heterocycles. The molecule has 112 valence electrons. The number of benzene rings is 1. The Kier molecular flexibility index (Phi) is 4.74. The monoisotopic (exact) mass is 316 g/mol. The van der Waals surface area contributed by atoms with Gasteiger partial charge < -0.3 is 5.73 Å². The topological polar surface area (TPSA) is 63.4 Å². The van der Waals surface area contributed by atoms with Crippen LogP contribution in [0.15, 0.2) is 23.1 Å². The normalized spacial score (nSPS) is 18.6. The first-order valence-electron chi connectivity index (χ1n) is 6.87. The third-order valence-electron chi connectivity index (χ3n) is 3.74. The van der Waals surface area contributed by atoms with Crippen molar-refractivity contribution >= 4 is 21.6 Å². The molecule has 20 heavy (non-hydrogen) atoms. The number of piperidine rings is 1. The van der Waals surface area contributed by atoms with Gasteiger partial charge in [-0.1, -0.05) is 31.5 Å². The second-order valence-electron chi connectivity index (χ2n) is 5.59. The van der Waals surface area contributed by atoms with Crippen LogP contribution in [-0.2, 0) is 10.0 Å². The lowest BCUT2D eigenvalue weighted by atomic mass is 10.0. The first-order chi connectivity index (χ1) is 9.32. The van der Waals surface area contributed by atoms with Crippen LogP contribution in [-0.4, -0.2) is 31.9 Å². The Hall–Kier alpha value is -0.620. The quantitative estimate of drug-likeness (QED) is 0.932. The Morgan fingerprint density at radius 3 is 2.45 bits per heavy atom. The number of nitrogens with zero attached hydrogens (tertiary/aromatic N) is 1. The molecule has 2 N–H and O–H groups in total. The van der Waals surface area contributed by atoms with E-state index in [0.717, 1.165) is 5.56 Å². The summed E-state index contributed by atoms with van der Waals surface area (Å²) in [5, 5.41) is 0.282. The molecule has 0 unspecified atom stereocenters. The van der Waals surface area contributed by atoms with E-state index < -0.39 is 10.0 Å². The van der Waals surface area contributed by atoms with Crippen molar-refractivity contribution in [1.29, 1.82) is 0 Å². The molecular formula is C14H21ClN2O2S. The summed E-state index contributed by atoms with van der Waals surface area (Å²) in [4.78, 5) is 0.209. The number of nitrogens with two attached hydrogens (primary N) is 1. The highest BCUT2D eigenvalue weighted by Gasteiger charge is 2.30. The molecule has 0 aromatic heterocycles. The van der Waals surface area contributed by atoms with Crippen LogP contribution >= 0.6 is 11.6 Å². The van der Waals surface area contributed by atoms with Gasteiger partial charge in [-0.05, 0) is 36.5 Å². The zero-order chi connectivity index (χ0) is 14.9. The standard InChI is InChI=1S/C14H21ClN2O2S/c1-10(2)11-3-4-13(15)14(9-11)20(18,19)17-7-5-12(16)6-8-17/h3-4,9-10,12H,5-8,16H2,1-2H3. The molecule has 0 radical (unpaired) electrons. The first-order valence-corrected chi connectivity index (χ1v) is 8.69. The van der Waals surface area contributed by atoms with Crippen LogP contribution in [0.25, 0.3) is 0 Å². The van der Waals surface area contributed by atoms with Crippen LogP contribution < -0.4 is 5.73 Å². The minimum absolute atomic E-state index is 0.0962. The number of hydrogen-bond acceptors (Lipinski definition) is 3. The van der Waals surface area contributed by atoms with Gasteiger partial charge in [-0.15, -0.1) is 0 Å². The lowest BCUT2D eigenvalue weighted by Gasteiger charge is -2.29. The van der Waals surface area contributed by atoms with E-state index in [-0.39, 0.29) is 21.9 Å². The fourth-order valence-corrected chi connectivity index (χ4v) is 4.31. The molecule has 2 rings (SSSR count). The molecule has 0 bridgehead atoms. The van der Waals surface area contributed by atoms with Crippen LogP contribution in [0.5, 0.6) is 0 Å². The van der Waals surface area contributed by atoms with E-state index in [0.29, 0.717) is 25.9 Å². The van der Waals surface area contributed by atoms with Gasteiger partial charge >= 0.3 is 0 Å². The van der Waals surface area contributed by atoms with E-state index in [1.165, 1.54) is 4.31 Å². The minimum atomic E-state index is -3.53. The molecule has 1 aliphatic rings. The highest BCUT2D eigenvalue weighted by Crippen LogP contribution is 2.29. The Morgan fingerprint density at radius 1 is 1.30 bits per heavy atom. The van der Waals surface area contributed by atoms with E-state index >= 15 is 0 Å². The summed E-state index contributed by atoms with van der Waals surface area (Å²) in [5.41, 5.74) is 6.80. The van der Waals surface area contributed by atoms with Gasteiger partial charge in [0.15, 0.2) is 0 Å². The summed E-state index contributed by atoms with van der Waals surface area (Å²) in [6.07, 6.45) is 1.39. The second kappa shape index (κ2) is 6.02. The highest BCUT2D eigenvalue weighted by molar-refractivity contribution is 7.89. The minimum Gasteiger partial charge on any atom is -0.328 e. The van der Waals surface area contributed by atoms with Crippen LogP contribution in [0.2, 0.25) is 5.02 Å². The molecule has 4 nitrogen and oxygen atoms in total. The summed E-state index contributed by atoms with van der Waals surface area (Å²) in [5.74, 6) is 0.260. The van der Waals surface area contributed by atoms with Crippen LogP contribution in [0.4, 0.5) is 0 Å². The number of halogens is 1. The van der Waals surface area contributed by atoms with Gasteiger partial charge in [0.05, 0.1) is 5.02 Å². The van der Waals surface area contributed by atoms with Gasteiger partial charge in [-0.25, -0.2) is 8.42 Å². The largest absolute Gasteiger partial charge is 0.328 e. The van der Waals surface area contributed by atoms with Crippen molar-refractivity contribution in [1.82, 2.24) is 4.31 Å². The van der Waals surface area contributed by atoms with Crippen LogP contribution in [0.3, 0.4) is 0 Å². The van der Waals surface area contributed by atoms with Crippen molar-refractivity contribution in [2.75, 3.05) is 13.1 Å².